The van der Waals surface area contributed by atoms with Crippen molar-refractivity contribution in [3.8, 4) is 0 Å². The molecule has 1 unspecified atom stereocenters. The maximum absolute atomic E-state index is 10.9. The van der Waals surface area contributed by atoms with Crippen LogP contribution in [-0.4, -0.2) is 29.7 Å². The monoisotopic (exact) mass is 237 g/mol. The van der Waals surface area contributed by atoms with E-state index in [0.717, 1.165) is 18.6 Å². The summed E-state index contributed by atoms with van der Waals surface area (Å²) >= 11 is 0. The Balaban J connectivity index is 2.06. The zero-order chi connectivity index (χ0) is 12.3. The Labute approximate surface area is 99.2 Å². The van der Waals surface area contributed by atoms with Crippen LogP contribution in [0.25, 0.3) is 0 Å². The molecular weight excluding hydrogens is 222 g/mol. The molecule has 0 aromatic carbocycles. The van der Waals surface area contributed by atoms with Crippen molar-refractivity contribution in [1.29, 1.82) is 0 Å². The van der Waals surface area contributed by atoms with E-state index in [2.05, 4.69) is 10.3 Å². The zero-order valence-electron chi connectivity index (χ0n) is 9.68. The molecule has 1 fully saturated rings. The van der Waals surface area contributed by atoms with Crippen molar-refractivity contribution in [3.05, 3.63) is 27.9 Å². The van der Waals surface area contributed by atoms with Gasteiger partial charge in [0.25, 0.3) is 0 Å². The molecule has 1 N–H and O–H groups in total. The van der Waals surface area contributed by atoms with E-state index in [-0.39, 0.29) is 5.69 Å². The van der Waals surface area contributed by atoms with Gasteiger partial charge in [0.05, 0.1) is 11.5 Å². The Morgan fingerprint density at radius 2 is 2.53 bits per heavy atom. The van der Waals surface area contributed by atoms with Crippen molar-refractivity contribution in [1.82, 2.24) is 4.98 Å². The third-order valence-electron chi connectivity index (χ3n) is 2.78. The maximum atomic E-state index is 10.9. The van der Waals surface area contributed by atoms with Crippen molar-refractivity contribution >= 4 is 11.5 Å². The summed E-state index contributed by atoms with van der Waals surface area (Å²) in [6.07, 6.45) is 2.62. The summed E-state index contributed by atoms with van der Waals surface area (Å²) in [6.45, 7) is 3.94. The van der Waals surface area contributed by atoms with E-state index >= 15 is 0 Å². The summed E-state index contributed by atoms with van der Waals surface area (Å²) in [5.41, 5.74) is 0.815. The van der Waals surface area contributed by atoms with Crippen molar-refractivity contribution in [2.45, 2.75) is 13.3 Å². The molecule has 2 heterocycles. The minimum Gasteiger partial charge on any atom is -0.381 e. The third-order valence-corrected chi connectivity index (χ3v) is 2.78. The highest BCUT2D eigenvalue weighted by atomic mass is 16.6. The first-order valence-corrected chi connectivity index (χ1v) is 5.59. The Hall–Kier alpha value is -1.69. The smallest absolute Gasteiger partial charge is 0.311 e. The number of pyridine rings is 1. The van der Waals surface area contributed by atoms with Gasteiger partial charge >= 0.3 is 5.69 Å². The molecule has 1 aliphatic rings. The van der Waals surface area contributed by atoms with Crippen LogP contribution in [0.15, 0.2) is 12.3 Å². The van der Waals surface area contributed by atoms with Gasteiger partial charge < -0.3 is 10.1 Å². The van der Waals surface area contributed by atoms with Crippen molar-refractivity contribution in [2.24, 2.45) is 5.92 Å². The van der Waals surface area contributed by atoms with Gasteiger partial charge in [-0.15, -0.1) is 0 Å². The highest BCUT2D eigenvalue weighted by Gasteiger charge is 2.19. The largest absolute Gasteiger partial charge is 0.381 e. The van der Waals surface area contributed by atoms with Crippen LogP contribution < -0.4 is 5.32 Å². The molecule has 1 atom stereocenters. The lowest BCUT2D eigenvalue weighted by Gasteiger charge is -2.10. The minimum absolute atomic E-state index is 0.0314. The van der Waals surface area contributed by atoms with Gasteiger partial charge in [0, 0.05) is 31.3 Å². The van der Waals surface area contributed by atoms with Crippen LogP contribution in [-0.2, 0) is 4.74 Å². The predicted molar refractivity (Wildman–Crippen MR) is 63.0 cm³/mol. The number of ether oxygens (including phenoxy) is 1. The highest BCUT2D eigenvalue weighted by molar-refractivity contribution is 5.56. The van der Waals surface area contributed by atoms with Crippen LogP contribution in [0.4, 0.5) is 11.5 Å². The Bertz CT molecular complexity index is 416. The number of aryl methyl sites for hydroxylation is 1. The Morgan fingerprint density at radius 1 is 1.71 bits per heavy atom. The molecule has 0 amide bonds. The number of hydrogen-bond donors (Lipinski definition) is 1. The zero-order valence-corrected chi connectivity index (χ0v) is 9.68. The lowest BCUT2D eigenvalue weighted by atomic mass is 10.1. The van der Waals surface area contributed by atoms with Gasteiger partial charge in [0.1, 0.15) is 0 Å². The number of anilines is 1. The van der Waals surface area contributed by atoms with Gasteiger partial charge in [-0.2, -0.15) is 0 Å². The van der Waals surface area contributed by atoms with Crippen LogP contribution in [0.5, 0.6) is 0 Å². The summed E-state index contributed by atoms with van der Waals surface area (Å²) in [4.78, 5) is 14.5. The molecule has 1 aromatic heterocycles. The molecule has 0 saturated carbocycles. The van der Waals surface area contributed by atoms with E-state index in [9.17, 15) is 10.1 Å². The van der Waals surface area contributed by atoms with Crippen molar-refractivity contribution in [2.75, 3.05) is 25.1 Å². The fraction of sp³-hybridized carbons (Fsp3) is 0.545. The number of nitrogens with one attached hydrogen (secondary N) is 1. The van der Waals surface area contributed by atoms with Crippen molar-refractivity contribution in [3.63, 3.8) is 0 Å². The molecule has 92 valence electrons. The number of hydrogen-bond acceptors (Lipinski definition) is 5. The molecule has 1 aliphatic heterocycles. The molecule has 0 aliphatic carbocycles. The molecule has 0 spiro atoms. The van der Waals surface area contributed by atoms with Crippen LogP contribution in [0.2, 0.25) is 0 Å². The lowest BCUT2D eigenvalue weighted by molar-refractivity contribution is -0.384. The summed E-state index contributed by atoms with van der Waals surface area (Å²) < 4.78 is 5.25. The van der Waals surface area contributed by atoms with Gasteiger partial charge in [-0.25, -0.2) is 4.98 Å². The van der Waals surface area contributed by atoms with Crippen LogP contribution in [0.3, 0.4) is 0 Å². The average Bonchev–Trinajstić information content (AvgIpc) is 2.80. The Kier molecular flexibility index (Phi) is 3.53. The fourth-order valence-corrected chi connectivity index (χ4v) is 1.81. The normalized spacial score (nSPS) is 19.2. The third kappa shape index (κ3) is 2.91. The molecule has 1 aromatic rings. The van der Waals surface area contributed by atoms with E-state index in [4.69, 9.17) is 4.74 Å². The van der Waals surface area contributed by atoms with Crippen LogP contribution in [0.1, 0.15) is 12.0 Å². The van der Waals surface area contributed by atoms with Gasteiger partial charge in [-0.05, 0) is 18.9 Å². The lowest BCUT2D eigenvalue weighted by Crippen LogP contribution is -2.15. The van der Waals surface area contributed by atoms with Gasteiger partial charge in [-0.3, -0.25) is 10.1 Å². The van der Waals surface area contributed by atoms with E-state index in [0.29, 0.717) is 24.9 Å². The summed E-state index contributed by atoms with van der Waals surface area (Å²) in [7, 11) is 0. The number of nitrogens with zero attached hydrogens (tertiary/aromatic N) is 2. The van der Waals surface area contributed by atoms with E-state index < -0.39 is 4.92 Å². The molecular formula is C11H15N3O3. The van der Waals surface area contributed by atoms with Crippen LogP contribution >= 0.6 is 0 Å². The second-order valence-corrected chi connectivity index (χ2v) is 4.25. The first-order valence-electron chi connectivity index (χ1n) is 5.59. The average molecular weight is 237 g/mol. The fourth-order valence-electron chi connectivity index (χ4n) is 1.81. The summed E-state index contributed by atoms with van der Waals surface area (Å²) in [6, 6.07) is 1.53. The first kappa shape index (κ1) is 11.8. The summed E-state index contributed by atoms with van der Waals surface area (Å²) in [5.74, 6) is 0.755. The second kappa shape index (κ2) is 5.09. The molecule has 17 heavy (non-hydrogen) atoms. The number of rotatable bonds is 4. The van der Waals surface area contributed by atoms with Crippen molar-refractivity contribution < 1.29 is 9.66 Å². The molecule has 6 nitrogen and oxygen atoms in total. The van der Waals surface area contributed by atoms with Gasteiger partial charge in [0.2, 0.25) is 5.82 Å². The van der Waals surface area contributed by atoms with Gasteiger partial charge in [0.15, 0.2) is 0 Å². The number of aromatic nitrogens is 1. The molecule has 1 saturated heterocycles. The SMILES string of the molecule is Cc1cnc(NCC2CCOC2)c([N+](=O)[O-])c1. The van der Waals surface area contributed by atoms with E-state index in [1.165, 1.54) is 6.07 Å². The van der Waals surface area contributed by atoms with Crippen LogP contribution in [0, 0.1) is 23.0 Å². The summed E-state index contributed by atoms with van der Waals surface area (Å²) in [5, 5.41) is 13.9. The molecule has 0 radical (unpaired) electrons. The minimum atomic E-state index is -0.409. The number of nitro groups is 1. The topological polar surface area (TPSA) is 77.3 Å². The molecule has 0 bridgehead atoms. The highest BCUT2D eigenvalue weighted by Crippen LogP contribution is 2.23. The Morgan fingerprint density at radius 3 is 3.18 bits per heavy atom. The maximum Gasteiger partial charge on any atom is 0.311 e. The molecule has 6 heteroatoms. The molecule has 2 rings (SSSR count). The van der Waals surface area contributed by atoms with Gasteiger partial charge in [-0.1, -0.05) is 0 Å². The quantitative estimate of drug-likeness (QED) is 0.637. The first-order chi connectivity index (χ1) is 8.16. The van der Waals surface area contributed by atoms with E-state index in [1.54, 1.807) is 13.1 Å². The standard InChI is InChI=1S/C11H15N3O3/c1-8-4-10(14(15)16)11(12-5-8)13-6-9-2-3-17-7-9/h4-5,9H,2-3,6-7H2,1H3,(H,12,13). The predicted octanol–water partition coefficient (Wildman–Crippen LogP) is 1.75. The van der Waals surface area contributed by atoms with E-state index in [1.807, 2.05) is 0 Å². The second-order valence-electron chi connectivity index (χ2n) is 4.25.